The van der Waals surface area contributed by atoms with Crippen molar-refractivity contribution < 1.29 is 9.66 Å². The van der Waals surface area contributed by atoms with Gasteiger partial charge in [-0.25, -0.2) is 0 Å². The van der Waals surface area contributed by atoms with Gasteiger partial charge in [-0.2, -0.15) is 0 Å². The second-order valence-corrected chi connectivity index (χ2v) is 6.48. The van der Waals surface area contributed by atoms with Crippen LogP contribution in [-0.4, -0.2) is 17.0 Å². The van der Waals surface area contributed by atoms with Crippen LogP contribution in [0.1, 0.15) is 24.1 Å². The molecule has 1 aromatic heterocycles. The number of hydrogen-bond donors (Lipinski definition) is 0. The number of hydrogen-bond acceptors (Lipinski definition) is 4. The zero-order valence-corrected chi connectivity index (χ0v) is 14.4. The first-order valence-corrected chi connectivity index (χ1v) is 8.49. The van der Waals surface area contributed by atoms with Crippen LogP contribution in [-0.2, 0) is 5.41 Å². The van der Waals surface area contributed by atoms with Gasteiger partial charge < -0.3 is 4.74 Å². The molecular weight excluding hydrogens is 328 g/mol. The summed E-state index contributed by atoms with van der Waals surface area (Å²) in [5.41, 5.74) is 3.29. The standard InChI is InChI=1S/C21H18N2O3/c1-26-16-10-8-15(9-11-16)20-17(5-4-6-18(20)23(24)25)21(12-13-21)19-7-2-3-14-22-19/h2-11,14H,12-13H2,1H3. The smallest absolute Gasteiger partial charge is 0.277 e. The molecule has 0 unspecified atom stereocenters. The second kappa shape index (κ2) is 6.26. The van der Waals surface area contributed by atoms with Gasteiger partial charge in [0.05, 0.1) is 23.3 Å². The van der Waals surface area contributed by atoms with Crippen molar-refractivity contribution >= 4 is 5.69 Å². The van der Waals surface area contributed by atoms with Gasteiger partial charge in [-0.1, -0.05) is 30.3 Å². The lowest BCUT2D eigenvalue weighted by Gasteiger charge is -2.19. The summed E-state index contributed by atoms with van der Waals surface area (Å²) in [5, 5.41) is 11.7. The van der Waals surface area contributed by atoms with Crippen LogP contribution in [0.25, 0.3) is 11.1 Å². The van der Waals surface area contributed by atoms with Gasteiger partial charge in [0.2, 0.25) is 0 Å². The van der Waals surface area contributed by atoms with E-state index in [4.69, 9.17) is 4.74 Å². The highest BCUT2D eigenvalue weighted by Gasteiger charge is 2.49. The fraction of sp³-hybridized carbons (Fsp3) is 0.190. The van der Waals surface area contributed by atoms with Gasteiger partial charge in [0.1, 0.15) is 5.75 Å². The molecule has 0 atom stereocenters. The maximum atomic E-state index is 11.7. The molecule has 0 N–H and O–H groups in total. The van der Waals surface area contributed by atoms with E-state index in [2.05, 4.69) is 4.98 Å². The topological polar surface area (TPSA) is 65.3 Å². The summed E-state index contributed by atoms with van der Waals surface area (Å²) in [6, 6.07) is 18.6. The third-order valence-corrected chi connectivity index (χ3v) is 5.04. The van der Waals surface area contributed by atoms with Crippen LogP contribution >= 0.6 is 0 Å². The van der Waals surface area contributed by atoms with Crippen molar-refractivity contribution in [3.63, 3.8) is 0 Å². The Hall–Kier alpha value is -3.21. The van der Waals surface area contributed by atoms with Crippen LogP contribution in [0.3, 0.4) is 0 Å². The van der Waals surface area contributed by atoms with E-state index in [1.165, 1.54) is 0 Å². The van der Waals surface area contributed by atoms with E-state index in [1.807, 2.05) is 48.5 Å². The number of nitro groups is 1. The van der Waals surface area contributed by atoms with Gasteiger partial charge in [-0.05, 0) is 48.2 Å². The second-order valence-electron chi connectivity index (χ2n) is 6.48. The molecule has 1 heterocycles. The minimum absolute atomic E-state index is 0.120. The molecule has 0 bridgehead atoms. The predicted octanol–water partition coefficient (Wildman–Crippen LogP) is 4.75. The van der Waals surface area contributed by atoms with Gasteiger partial charge in [0, 0.05) is 17.7 Å². The number of nitrogens with zero attached hydrogens (tertiary/aromatic N) is 2. The normalized spacial score (nSPS) is 14.7. The molecule has 1 aliphatic carbocycles. The van der Waals surface area contributed by atoms with E-state index in [9.17, 15) is 10.1 Å². The van der Waals surface area contributed by atoms with E-state index in [-0.39, 0.29) is 16.0 Å². The van der Waals surface area contributed by atoms with Crippen molar-refractivity contribution in [2.45, 2.75) is 18.3 Å². The van der Waals surface area contributed by atoms with Crippen molar-refractivity contribution in [1.29, 1.82) is 0 Å². The summed E-state index contributed by atoms with van der Waals surface area (Å²) in [4.78, 5) is 15.9. The maximum absolute atomic E-state index is 11.7. The SMILES string of the molecule is COc1ccc(-c2c([N+](=O)[O-])cccc2C2(c3ccccn3)CC2)cc1. The van der Waals surface area contributed by atoms with Crippen LogP contribution in [0.4, 0.5) is 5.69 Å². The Labute approximate surface area is 151 Å². The Morgan fingerprint density at radius 1 is 1.04 bits per heavy atom. The Kier molecular flexibility index (Phi) is 3.92. The molecule has 0 amide bonds. The van der Waals surface area contributed by atoms with Crippen LogP contribution < -0.4 is 4.74 Å². The molecule has 3 aromatic rings. The lowest BCUT2D eigenvalue weighted by Crippen LogP contribution is -2.13. The van der Waals surface area contributed by atoms with Crippen molar-refractivity contribution in [2.24, 2.45) is 0 Å². The first kappa shape index (κ1) is 16.3. The lowest BCUT2D eigenvalue weighted by molar-refractivity contribution is -0.384. The first-order chi connectivity index (χ1) is 12.7. The van der Waals surface area contributed by atoms with E-state index < -0.39 is 0 Å². The van der Waals surface area contributed by atoms with Gasteiger partial charge >= 0.3 is 0 Å². The third kappa shape index (κ3) is 2.62. The molecule has 5 nitrogen and oxygen atoms in total. The Morgan fingerprint density at radius 2 is 1.81 bits per heavy atom. The van der Waals surface area contributed by atoms with Crippen molar-refractivity contribution in [3.8, 4) is 16.9 Å². The van der Waals surface area contributed by atoms with E-state index in [0.29, 0.717) is 5.56 Å². The summed E-state index contributed by atoms with van der Waals surface area (Å²) in [6.45, 7) is 0. The first-order valence-electron chi connectivity index (χ1n) is 8.49. The lowest BCUT2D eigenvalue weighted by atomic mass is 9.84. The van der Waals surface area contributed by atoms with E-state index in [1.54, 1.807) is 25.4 Å². The van der Waals surface area contributed by atoms with Crippen molar-refractivity contribution in [3.05, 3.63) is 88.2 Å². The number of benzene rings is 2. The average Bonchev–Trinajstić information content (AvgIpc) is 3.50. The van der Waals surface area contributed by atoms with Gasteiger partial charge in [-0.3, -0.25) is 15.1 Å². The fourth-order valence-corrected chi connectivity index (χ4v) is 3.59. The minimum atomic E-state index is -0.308. The molecule has 5 heteroatoms. The van der Waals surface area contributed by atoms with Crippen LogP contribution in [0.2, 0.25) is 0 Å². The Bertz CT molecular complexity index is 949. The highest BCUT2D eigenvalue weighted by Crippen LogP contribution is 2.56. The van der Waals surface area contributed by atoms with Crippen molar-refractivity contribution in [1.82, 2.24) is 4.98 Å². The minimum Gasteiger partial charge on any atom is -0.497 e. The van der Waals surface area contributed by atoms with Gasteiger partial charge in [0.25, 0.3) is 5.69 Å². The summed E-state index contributed by atoms with van der Waals surface area (Å²) >= 11 is 0. The fourth-order valence-electron chi connectivity index (χ4n) is 3.59. The maximum Gasteiger partial charge on any atom is 0.277 e. The highest BCUT2D eigenvalue weighted by molar-refractivity contribution is 5.79. The number of rotatable bonds is 5. The summed E-state index contributed by atoms with van der Waals surface area (Å²) < 4.78 is 5.22. The Balaban J connectivity index is 1.93. The highest BCUT2D eigenvalue weighted by atomic mass is 16.6. The molecule has 2 aromatic carbocycles. The summed E-state index contributed by atoms with van der Waals surface area (Å²) in [7, 11) is 1.60. The third-order valence-electron chi connectivity index (χ3n) is 5.04. The predicted molar refractivity (Wildman–Crippen MR) is 99.3 cm³/mol. The summed E-state index contributed by atoms with van der Waals surface area (Å²) in [5.74, 6) is 0.722. The largest absolute Gasteiger partial charge is 0.497 e. The summed E-state index contributed by atoms with van der Waals surface area (Å²) in [6.07, 6.45) is 3.66. The van der Waals surface area contributed by atoms with Gasteiger partial charge in [-0.15, -0.1) is 0 Å². The molecular formula is C21H18N2O3. The van der Waals surface area contributed by atoms with Crippen LogP contribution in [0.5, 0.6) is 5.75 Å². The molecule has 130 valence electrons. The average molecular weight is 346 g/mol. The van der Waals surface area contributed by atoms with Crippen molar-refractivity contribution in [2.75, 3.05) is 7.11 Å². The molecule has 4 rings (SSSR count). The molecule has 1 saturated carbocycles. The molecule has 1 fully saturated rings. The molecule has 0 spiro atoms. The monoisotopic (exact) mass is 346 g/mol. The quantitative estimate of drug-likeness (QED) is 0.494. The number of methoxy groups -OCH3 is 1. The zero-order chi connectivity index (χ0) is 18.1. The van der Waals surface area contributed by atoms with E-state index >= 15 is 0 Å². The number of pyridine rings is 1. The van der Waals surface area contributed by atoms with Gasteiger partial charge in [0.15, 0.2) is 0 Å². The van der Waals surface area contributed by atoms with E-state index in [0.717, 1.165) is 35.4 Å². The number of ether oxygens (including phenoxy) is 1. The molecule has 26 heavy (non-hydrogen) atoms. The molecule has 0 saturated heterocycles. The number of aromatic nitrogens is 1. The molecule has 0 aliphatic heterocycles. The Morgan fingerprint density at radius 3 is 2.38 bits per heavy atom. The molecule has 1 aliphatic rings. The van der Waals surface area contributed by atoms with Crippen LogP contribution in [0.15, 0.2) is 66.9 Å². The zero-order valence-electron chi connectivity index (χ0n) is 14.4. The van der Waals surface area contributed by atoms with Crippen LogP contribution in [0, 0.1) is 10.1 Å². The number of nitro benzene ring substituents is 1. The molecule has 0 radical (unpaired) electrons.